The zero-order valence-corrected chi connectivity index (χ0v) is 18.1. The number of pyridine rings is 1. The molecule has 30 heavy (non-hydrogen) atoms. The smallest absolute Gasteiger partial charge is 0.252 e. The Morgan fingerprint density at radius 3 is 2.67 bits per heavy atom. The molecule has 0 spiro atoms. The Morgan fingerprint density at radius 2 is 1.90 bits per heavy atom. The van der Waals surface area contributed by atoms with E-state index in [1.54, 1.807) is 11.8 Å². The summed E-state index contributed by atoms with van der Waals surface area (Å²) in [5.74, 6) is -0.0509. The van der Waals surface area contributed by atoms with Crippen molar-refractivity contribution in [2.24, 2.45) is 0 Å². The molecule has 0 saturated carbocycles. The number of carbonyl (C=O) groups excluding carboxylic acids is 1. The summed E-state index contributed by atoms with van der Waals surface area (Å²) in [6.45, 7) is 6.99. The fraction of sp³-hybridized carbons (Fsp3) is 0.333. The highest BCUT2D eigenvalue weighted by Gasteiger charge is 2.15. The molecule has 0 aliphatic carbocycles. The van der Waals surface area contributed by atoms with Crippen molar-refractivity contribution in [3.8, 4) is 0 Å². The van der Waals surface area contributed by atoms with E-state index in [2.05, 4.69) is 41.4 Å². The number of nitrogens with one attached hydrogen (secondary N) is 1. The van der Waals surface area contributed by atoms with Crippen molar-refractivity contribution in [3.63, 3.8) is 0 Å². The number of fused-ring (bicyclic) bond motifs is 1. The van der Waals surface area contributed by atoms with Crippen LogP contribution in [-0.2, 0) is 11.2 Å². The lowest BCUT2D eigenvalue weighted by Crippen LogP contribution is -2.41. The van der Waals surface area contributed by atoms with Gasteiger partial charge in [-0.3, -0.25) is 9.69 Å². The molecule has 1 aliphatic rings. The monoisotopic (exact) mass is 421 g/mol. The average Bonchev–Trinajstić information content (AvgIpc) is 2.79. The minimum atomic E-state index is -0.0509. The van der Waals surface area contributed by atoms with Crippen LogP contribution in [0.25, 0.3) is 10.9 Å². The summed E-state index contributed by atoms with van der Waals surface area (Å²) in [5.41, 5.74) is 2.83. The largest absolute Gasteiger partial charge is 0.379 e. The van der Waals surface area contributed by atoms with Crippen molar-refractivity contribution < 1.29 is 9.53 Å². The van der Waals surface area contributed by atoms with Gasteiger partial charge in [-0.1, -0.05) is 49.0 Å². The maximum absolute atomic E-state index is 13.0. The Labute approximate surface area is 181 Å². The molecule has 0 bridgehead atoms. The van der Waals surface area contributed by atoms with Crippen LogP contribution in [0.3, 0.4) is 0 Å². The lowest BCUT2D eigenvalue weighted by molar-refractivity contribution is 0.0383. The van der Waals surface area contributed by atoms with Gasteiger partial charge in [0, 0.05) is 36.5 Å². The van der Waals surface area contributed by atoms with Crippen LogP contribution in [0, 0.1) is 0 Å². The Bertz CT molecular complexity index is 1000. The maximum Gasteiger partial charge on any atom is 0.252 e. The zero-order chi connectivity index (χ0) is 20.8. The number of aromatic nitrogens is 1. The predicted molar refractivity (Wildman–Crippen MR) is 121 cm³/mol. The van der Waals surface area contributed by atoms with E-state index in [0.717, 1.165) is 60.1 Å². The molecular weight excluding hydrogens is 394 g/mol. The van der Waals surface area contributed by atoms with E-state index >= 15 is 0 Å². The molecule has 1 saturated heterocycles. The van der Waals surface area contributed by atoms with Gasteiger partial charge < -0.3 is 10.1 Å². The molecule has 1 amide bonds. The van der Waals surface area contributed by atoms with E-state index in [0.29, 0.717) is 12.1 Å². The van der Waals surface area contributed by atoms with Gasteiger partial charge in [0.2, 0.25) is 0 Å². The Hall–Kier alpha value is -2.41. The van der Waals surface area contributed by atoms with Gasteiger partial charge in [-0.25, -0.2) is 4.98 Å². The van der Waals surface area contributed by atoms with Crippen LogP contribution in [0.1, 0.15) is 22.8 Å². The number of ether oxygens (including phenoxy) is 1. The van der Waals surface area contributed by atoms with Crippen molar-refractivity contribution in [3.05, 3.63) is 65.7 Å². The number of para-hydroxylation sites is 1. The van der Waals surface area contributed by atoms with Crippen molar-refractivity contribution in [2.45, 2.75) is 23.3 Å². The first-order chi connectivity index (χ1) is 14.7. The molecule has 3 aromatic rings. The van der Waals surface area contributed by atoms with Gasteiger partial charge in [0.15, 0.2) is 0 Å². The molecule has 1 aromatic heterocycles. The summed E-state index contributed by atoms with van der Waals surface area (Å²) < 4.78 is 5.38. The van der Waals surface area contributed by atoms with E-state index in [9.17, 15) is 4.79 Å². The van der Waals surface area contributed by atoms with E-state index in [4.69, 9.17) is 9.72 Å². The van der Waals surface area contributed by atoms with Gasteiger partial charge in [0.25, 0.3) is 5.91 Å². The average molecular weight is 422 g/mol. The first kappa shape index (κ1) is 20.8. The minimum absolute atomic E-state index is 0.0509. The van der Waals surface area contributed by atoms with Crippen LogP contribution in [-0.4, -0.2) is 55.2 Å². The van der Waals surface area contributed by atoms with Gasteiger partial charge in [-0.15, -0.1) is 0 Å². The first-order valence-corrected chi connectivity index (χ1v) is 11.3. The third-order valence-electron chi connectivity index (χ3n) is 5.31. The number of aryl methyl sites for hydroxylation is 1. The van der Waals surface area contributed by atoms with E-state index < -0.39 is 0 Å². The first-order valence-electron chi connectivity index (χ1n) is 10.5. The third kappa shape index (κ3) is 5.19. The molecule has 156 valence electrons. The molecule has 1 aliphatic heterocycles. The summed E-state index contributed by atoms with van der Waals surface area (Å²) in [6.07, 6.45) is 1.02. The van der Waals surface area contributed by atoms with Crippen molar-refractivity contribution in [2.75, 3.05) is 39.4 Å². The molecule has 0 radical (unpaired) electrons. The second-order valence-electron chi connectivity index (χ2n) is 7.33. The molecule has 1 N–H and O–H groups in total. The van der Waals surface area contributed by atoms with Crippen molar-refractivity contribution in [1.29, 1.82) is 0 Å². The van der Waals surface area contributed by atoms with Crippen LogP contribution in [0.15, 0.2) is 64.5 Å². The van der Waals surface area contributed by atoms with Crippen LogP contribution >= 0.6 is 11.8 Å². The number of hydrogen-bond donors (Lipinski definition) is 1. The van der Waals surface area contributed by atoms with E-state index in [1.165, 1.54) is 5.56 Å². The zero-order valence-electron chi connectivity index (χ0n) is 17.3. The molecule has 5 nitrogen and oxygen atoms in total. The number of hydrogen-bond acceptors (Lipinski definition) is 5. The lowest BCUT2D eigenvalue weighted by Gasteiger charge is -2.26. The van der Waals surface area contributed by atoms with Crippen LogP contribution < -0.4 is 5.32 Å². The second-order valence-corrected chi connectivity index (χ2v) is 8.43. The van der Waals surface area contributed by atoms with Crippen molar-refractivity contribution in [1.82, 2.24) is 15.2 Å². The number of rotatable bonds is 7. The van der Waals surface area contributed by atoms with E-state index in [1.807, 2.05) is 30.3 Å². The van der Waals surface area contributed by atoms with E-state index in [-0.39, 0.29) is 5.91 Å². The number of nitrogens with zero attached hydrogens (tertiary/aromatic N) is 2. The Balaban J connectivity index is 1.51. The van der Waals surface area contributed by atoms with Crippen LogP contribution in [0.5, 0.6) is 0 Å². The quantitative estimate of drug-likeness (QED) is 0.625. The SMILES string of the molecule is CCc1ccc(Sc2cc(C(=O)NCCN3CCOCC3)c3ccccc3n2)cc1. The molecule has 0 unspecified atom stereocenters. The van der Waals surface area contributed by atoms with Gasteiger partial charge >= 0.3 is 0 Å². The Morgan fingerprint density at radius 1 is 1.13 bits per heavy atom. The molecule has 2 heterocycles. The highest BCUT2D eigenvalue weighted by molar-refractivity contribution is 7.99. The van der Waals surface area contributed by atoms with Gasteiger partial charge in [-0.2, -0.15) is 0 Å². The number of carbonyl (C=O) groups is 1. The normalized spacial score (nSPS) is 14.7. The van der Waals surface area contributed by atoms with Crippen LogP contribution in [0.4, 0.5) is 0 Å². The lowest BCUT2D eigenvalue weighted by atomic mass is 10.1. The summed E-state index contributed by atoms with van der Waals surface area (Å²) in [5, 5.41) is 4.80. The third-order valence-corrected chi connectivity index (χ3v) is 6.23. The fourth-order valence-electron chi connectivity index (χ4n) is 3.55. The van der Waals surface area contributed by atoms with Gasteiger partial charge in [0.05, 0.1) is 24.3 Å². The second kappa shape index (κ2) is 10.1. The molecule has 4 rings (SSSR count). The van der Waals surface area contributed by atoms with Crippen molar-refractivity contribution >= 4 is 28.6 Å². The minimum Gasteiger partial charge on any atom is -0.379 e. The number of amides is 1. The molecule has 0 atom stereocenters. The summed E-state index contributed by atoms with van der Waals surface area (Å²) in [6, 6.07) is 18.2. The van der Waals surface area contributed by atoms with Gasteiger partial charge in [0.1, 0.15) is 5.03 Å². The topological polar surface area (TPSA) is 54.5 Å². The highest BCUT2D eigenvalue weighted by atomic mass is 32.2. The maximum atomic E-state index is 13.0. The van der Waals surface area contributed by atoms with Crippen LogP contribution in [0.2, 0.25) is 0 Å². The van der Waals surface area contributed by atoms with Gasteiger partial charge in [-0.05, 0) is 36.2 Å². The number of morpholine rings is 1. The summed E-state index contributed by atoms with van der Waals surface area (Å²) in [7, 11) is 0. The molecule has 2 aromatic carbocycles. The Kier molecular flexibility index (Phi) is 7.00. The standard InChI is InChI=1S/C24H27N3O2S/c1-2-18-7-9-19(10-8-18)30-23-17-21(20-5-3-4-6-22(20)26-23)24(28)25-11-12-27-13-15-29-16-14-27/h3-10,17H,2,11-16H2,1H3,(H,25,28). The fourth-order valence-corrected chi connectivity index (χ4v) is 4.39. The summed E-state index contributed by atoms with van der Waals surface area (Å²) in [4.78, 5) is 21.2. The highest BCUT2D eigenvalue weighted by Crippen LogP contribution is 2.30. The molecular formula is C24H27N3O2S. The number of benzene rings is 2. The molecule has 1 fully saturated rings. The predicted octanol–water partition coefficient (Wildman–Crippen LogP) is 4.01. The summed E-state index contributed by atoms with van der Waals surface area (Å²) >= 11 is 1.59. The molecule has 6 heteroatoms.